The Kier molecular flexibility index (Phi) is 14.7. The van der Waals surface area contributed by atoms with Crippen molar-refractivity contribution in [3.05, 3.63) is 52.6 Å². The van der Waals surface area contributed by atoms with Gasteiger partial charge in [-0.25, -0.2) is 22.8 Å². The summed E-state index contributed by atoms with van der Waals surface area (Å²) in [6.45, 7) is 11.4. The lowest BCUT2D eigenvalue weighted by atomic mass is 9.97. The van der Waals surface area contributed by atoms with Gasteiger partial charge in [-0.15, -0.1) is 4.99 Å². The van der Waals surface area contributed by atoms with Crippen molar-refractivity contribution in [3.8, 4) is 0 Å². The lowest BCUT2D eigenvalue weighted by Gasteiger charge is -2.36. The third-order valence-corrected chi connectivity index (χ3v) is 10.9. The van der Waals surface area contributed by atoms with Gasteiger partial charge in [0.25, 0.3) is 0 Å². The van der Waals surface area contributed by atoms with E-state index in [0.717, 1.165) is 5.57 Å². The normalized spacial score (nSPS) is 18.7. The van der Waals surface area contributed by atoms with E-state index in [1.54, 1.807) is 65.5 Å². The highest BCUT2D eigenvalue weighted by atomic mass is 32.2. The van der Waals surface area contributed by atoms with Crippen molar-refractivity contribution >= 4 is 46.0 Å². The molecule has 4 rings (SSSR count). The van der Waals surface area contributed by atoms with Crippen LogP contribution in [0, 0.1) is 0 Å². The van der Waals surface area contributed by atoms with Crippen LogP contribution in [-0.4, -0.2) is 128 Å². The molecular formula is C39H53F3N6O10S. The summed E-state index contributed by atoms with van der Waals surface area (Å²) in [5, 5.41) is 2.51. The molecule has 0 saturated heterocycles. The molecule has 0 bridgehead atoms. The van der Waals surface area contributed by atoms with E-state index in [9.17, 15) is 45.6 Å². The number of rotatable bonds is 7. The van der Waals surface area contributed by atoms with Gasteiger partial charge in [-0.05, 0) is 104 Å². The van der Waals surface area contributed by atoms with Gasteiger partial charge in [-0.2, -0.15) is 17.9 Å². The number of benzene rings is 1. The fourth-order valence-electron chi connectivity index (χ4n) is 6.70. The molecule has 3 aliphatic rings. The molecular weight excluding hydrogens is 802 g/mol. The Morgan fingerprint density at radius 1 is 0.915 bits per heavy atom. The number of nitrogens with one attached hydrogen (secondary N) is 2. The SMILES string of the molecule is COC(=O)[C@H]1CC(C)=CCN1C(=O)[C@H](CC1=CCCN(C(=NC(=O)OC(C)(C)C)NC(=O)OC(C)(C)C)C1)NS(=O)(=O)c1ccc2c(c1)CCN(C(=O)C(F)(F)F)CC2. The minimum absolute atomic E-state index is 0.0215. The van der Waals surface area contributed by atoms with Crippen LogP contribution in [0.2, 0.25) is 0 Å². The number of alkyl carbamates (subject to hydrolysis) is 1. The number of amides is 4. The fraction of sp³-hybridized carbons (Fsp3) is 0.590. The van der Waals surface area contributed by atoms with E-state index in [1.165, 1.54) is 30.2 Å². The second-order valence-electron chi connectivity index (χ2n) is 16.5. The maximum atomic E-state index is 14.5. The molecule has 3 aliphatic heterocycles. The standard InChI is InChI=1S/C39H53F3N6O10S/c1-24-13-19-48(30(20-24)32(50)56-8)31(49)29(45-59(54,55)28-12-11-26-14-17-46(18-15-27(26)22-28)33(51)39(40,41)42)21-25-10-9-16-47(23-25)34(43-35(52)57-37(2,3)4)44-36(53)58-38(5,6)7/h10-13,22,29-30,45H,9,14-21,23H2,1-8H3,(H,43,44,52,53)/t29-,30+/m0/s1. The van der Waals surface area contributed by atoms with Crippen LogP contribution in [0.3, 0.4) is 0 Å². The molecule has 0 fully saturated rings. The van der Waals surface area contributed by atoms with Crippen LogP contribution in [0.25, 0.3) is 0 Å². The number of fused-ring (bicyclic) bond motifs is 1. The Morgan fingerprint density at radius 3 is 2.17 bits per heavy atom. The molecule has 2 N–H and O–H groups in total. The number of esters is 1. The van der Waals surface area contributed by atoms with Crippen molar-refractivity contribution in [2.45, 2.75) is 115 Å². The number of alkyl halides is 3. The highest BCUT2D eigenvalue weighted by Crippen LogP contribution is 2.27. The Labute approximate surface area is 342 Å². The maximum absolute atomic E-state index is 14.5. The Balaban J connectivity index is 1.67. The van der Waals surface area contributed by atoms with Crippen LogP contribution >= 0.6 is 0 Å². The number of hydrogen-bond donors (Lipinski definition) is 2. The minimum atomic E-state index is -5.06. The molecule has 3 heterocycles. The van der Waals surface area contributed by atoms with Crippen LogP contribution in [0.5, 0.6) is 0 Å². The highest BCUT2D eigenvalue weighted by molar-refractivity contribution is 7.89. The van der Waals surface area contributed by atoms with E-state index in [2.05, 4.69) is 15.0 Å². The van der Waals surface area contributed by atoms with Crippen LogP contribution in [0.1, 0.15) is 78.9 Å². The monoisotopic (exact) mass is 854 g/mol. The van der Waals surface area contributed by atoms with Gasteiger partial charge >= 0.3 is 30.2 Å². The number of methoxy groups -OCH3 is 1. The largest absolute Gasteiger partial charge is 0.471 e. The van der Waals surface area contributed by atoms with Crippen molar-refractivity contribution in [1.82, 2.24) is 24.7 Å². The first-order valence-electron chi connectivity index (χ1n) is 19.0. The van der Waals surface area contributed by atoms with E-state index >= 15 is 0 Å². The molecule has 0 aromatic heterocycles. The van der Waals surface area contributed by atoms with Gasteiger partial charge in [-0.3, -0.25) is 14.9 Å². The first-order valence-corrected chi connectivity index (χ1v) is 20.5. The van der Waals surface area contributed by atoms with Gasteiger partial charge in [0, 0.05) is 32.7 Å². The van der Waals surface area contributed by atoms with Crippen molar-refractivity contribution in [2.75, 3.05) is 39.8 Å². The summed E-state index contributed by atoms with van der Waals surface area (Å²) in [5.41, 5.74) is 0.519. The van der Waals surface area contributed by atoms with Crippen molar-refractivity contribution < 1.29 is 59.8 Å². The fourth-order valence-corrected chi connectivity index (χ4v) is 7.94. The molecule has 20 heteroatoms. The topological polar surface area (TPSA) is 193 Å². The molecule has 0 radical (unpaired) electrons. The number of guanidine groups is 1. The molecule has 0 aliphatic carbocycles. The number of hydrogen-bond acceptors (Lipinski definition) is 10. The minimum Gasteiger partial charge on any atom is -0.467 e. The summed E-state index contributed by atoms with van der Waals surface area (Å²) < 4.78 is 86.1. The number of carbonyl (C=O) groups excluding carboxylic acids is 5. The predicted octanol–water partition coefficient (Wildman–Crippen LogP) is 4.38. The zero-order valence-electron chi connectivity index (χ0n) is 34.5. The van der Waals surface area contributed by atoms with E-state index in [4.69, 9.17) is 14.2 Å². The van der Waals surface area contributed by atoms with E-state index < -0.39 is 69.5 Å². The van der Waals surface area contributed by atoms with Gasteiger partial charge in [0.2, 0.25) is 21.9 Å². The van der Waals surface area contributed by atoms with Crippen molar-refractivity contribution in [1.29, 1.82) is 0 Å². The van der Waals surface area contributed by atoms with Gasteiger partial charge in [-0.1, -0.05) is 29.4 Å². The average molecular weight is 855 g/mol. The smallest absolute Gasteiger partial charge is 0.467 e. The summed E-state index contributed by atoms with van der Waals surface area (Å²) in [7, 11) is -3.35. The summed E-state index contributed by atoms with van der Waals surface area (Å²) >= 11 is 0. The maximum Gasteiger partial charge on any atom is 0.471 e. The van der Waals surface area contributed by atoms with Crippen molar-refractivity contribution in [3.63, 3.8) is 0 Å². The highest BCUT2D eigenvalue weighted by Gasteiger charge is 2.43. The van der Waals surface area contributed by atoms with Gasteiger partial charge < -0.3 is 28.9 Å². The Bertz CT molecular complexity index is 2000. The predicted molar refractivity (Wildman–Crippen MR) is 208 cm³/mol. The van der Waals surface area contributed by atoms with Crippen LogP contribution in [-0.2, 0) is 51.5 Å². The third kappa shape index (κ3) is 13.3. The van der Waals surface area contributed by atoms with Crippen molar-refractivity contribution in [2.24, 2.45) is 4.99 Å². The lowest BCUT2D eigenvalue weighted by Crippen LogP contribution is -2.55. The average Bonchev–Trinajstić information content (AvgIpc) is 3.33. The molecule has 59 heavy (non-hydrogen) atoms. The van der Waals surface area contributed by atoms with Gasteiger partial charge in [0.15, 0.2) is 0 Å². The second kappa shape index (κ2) is 18.5. The summed E-state index contributed by atoms with van der Waals surface area (Å²) in [6.07, 6.45) is -3.17. The quantitative estimate of drug-likeness (QED) is 0.130. The summed E-state index contributed by atoms with van der Waals surface area (Å²) in [4.78, 5) is 72.3. The first-order chi connectivity index (χ1) is 27.3. The van der Waals surface area contributed by atoms with Crippen LogP contribution in [0.4, 0.5) is 22.8 Å². The number of aliphatic imine (C=N–C) groups is 1. The number of nitrogens with zero attached hydrogens (tertiary/aromatic N) is 4. The van der Waals surface area contributed by atoms with E-state index in [-0.39, 0.29) is 69.3 Å². The molecule has 326 valence electrons. The molecule has 0 unspecified atom stereocenters. The zero-order valence-corrected chi connectivity index (χ0v) is 35.3. The summed E-state index contributed by atoms with van der Waals surface area (Å²) in [6, 6.07) is 1.50. The molecule has 0 spiro atoms. The number of carbonyl (C=O) groups is 5. The Morgan fingerprint density at radius 2 is 1.56 bits per heavy atom. The first kappa shape index (κ1) is 46.7. The van der Waals surface area contributed by atoms with Gasteiger partial charge in [0.1, 0.15) is 23.3 Å². The van der Waals surface area contributed by atoms with Crippen LogP contribution in [0.15, 0.2) is 51.4 Å². The van der Waals surface area contributed by atoms with E-state index in [0.29, 0.717) is 28.0 Å². The molecule has 16 nitrogen and oxygen atoms in total. The number of halogens is 3. The second-order valence-corrected chi connectivity index (χ2v) is 18.2. The summed E-state index contributed by atoms with van der Waals surface area (Å²) in [5.74, 6) is -3.62. The molecule has 0 saturated carbocycles. The zero-order chi connectivity index (χ0) is 44.1. The lowest BCUT2D eigenvalue weighted by molar-refractivity contribution is -0.185. The molecule has 1 aromatic carbocycles. The molecule has 2 atom stereocenters. The number of sulfonamides is 1. The van der Waals surface area contributed by atoms with Gasteiger partial charge in [0.05, 0.1) is 12.0 Å². The molecule has 1 aromatic rings. The van der Waals surface area contributed by atoms with Crippen LogP contribution < -0.4 is 10.0 Å². The third-order valence-electron chi connectivity index (χ3n) is 9.39. The number of ether oxygens (including phenoxy) is 3. The Hall–Kier alpha value is -4.98. The van der Waals surface area contributed by atoms with E-state index in [1.807, 2.05) is 0 Å². The molecule has 4 amide bonds.